The van der Waals surface area contributed by atoms with E-state index in [2.05, 4.69) is 17.6 Å². The molecule has 3 N–H and O–H groups in total. The topological polar surface area (TPSA) is 70.6 Å². The van der Waals surface area contributed by atoms with Gasteiger partial charge in [0.2, 0.25) is 5.91 Å². The lowest BCUT2D eigenvalue weighted by molar-refractivity contribution is -0.128. The van der Waals surface area contributed by atoms with E-state index in [1.54, 1.807) is 7.05 Å². The van der Waals surface area contributed by atoms with Crippen LogP contribution >= 0.6 is 0 Å². The average molecular weight is 288 g/mol. The molecule has 0 aliphatic heterocycles. The number of carbonyl (C=O) groups excluding carboxylic acids is 1. The number of aliphatic hydroxyl groups is 1. The second-order valence-corrected chi connectivity index (χ2v) is 5.88. The van der Waals surface area contributed by atoms with Crippen molar-refractivity contribution in [2.75, 3.05) is 33.4 Å². The Morgan fingerprint density at radius 2 is 2.00 bits per heavy atom. The quantitative estimate of drug-likeness (QED) is 0.474. The molecule has 0 heterocycles. The van der Waals surface area contributed by atoms with Gasteiger partial charge in [0.1, 0.15) is 0 Å². The van der Waals surface area contributed by atoms with Crippen LogP contribution in [0.5, 0.6) is 0 Å². The van der Waals surface area contributed by atoms with E-state index in [1.807, 2.05) is 13.8 Å². The number of nitrogens with one attached hydrogen (secondary N) is 2. The van der Waals surface area contributed by atoms with Crippen LogP contribution in [-0.2, 0) is 9.53 Å². The Balaban J connectivity index is 3.58. The Kier molecular flexibility index (Phi) is 10.7. The fourth-order valence-electron chi connectivity index (χ4n) is 1.88. The zero-order valence-electron chi connectivity index (χ0n) is 13.5. The number of ether oxygens (including phenoxy) is 1. The molecule has 0 rings (SSSR count). The predicted molar refractivity (Wildman–Crippen MR) is 81.7 cm³/mol. The molecule has 0 spiro atoms. The number of rotatable bonds is 12. The van der Waals surface area contributed by atoms with Crippen molar-refractivity contribution in [3.63, 3.8) is 0 Å². The van der Waals surface area contributed by atoms with E-state index in [0.717, 1.165) is 6.42 Å². The van der Waals surface area contributed by atoms with Crippen molar-refractivity contribution in [2.24, 2.45) is 5.41 Å². The van der Waals surface area contributed by atoms with Gasteiger partial charge in [-0.05, 0) is 20.3 Å². The summed E-state index contributed by atoms with van der Waals surface area (Å²) in [6.07, 6.45) is 4.17. The fraction of sp³-hybridized carbons (Fsp3) is 0.933. The third kappa shape index (κ3) is 9.28. The summed E-state index contributed by atoms with van der Waals surface area (Å²) in [5, 5.41) is 15.5. The van der Waals surface area contributed by atoms with Gasteiger partial charge < -0.3 is 20.5 Å². The minimum atomic E-state index is -0.526. The number of amides is 1. The van der Waals surface area contributed by atoms with E-state index in [1.165, 1.54) is 19.3 Å². The molecule has 120 valence electrons. The van der Waals surface area contributed by atoms with Crippen LogP contribution < -0.4 is 10.6 Å². The van der Waals surface area contributed by atoms with E-state index in [9.17, 15) is 9.90 Å². The van der Waals surface area contributed by atoms with Crippen molar-refractivity contribution in [3.05, 3.63) is 0 Å². The van der Waals surface area contributed by atoms with Crippen LogP contribution in [0.15, 0.2) is 0 Å². The van der Waals surface area contributed by atoms with E-state index in [4.69, 9.17) is 4.74 Å². The van der Waals surface area contributed by atoms with Crippen molar-refractivity contribution >= 4 is 5.91 Å². The van der Waals surface area contributed by atoms with Gasteiger partial charge in [-0.25, -0.2) is 0 Å². The lowest BCUT2D eigenvalue weighted by Gasteiger charge is -2.23. The number of hydrogen-bond donors (Lipinski definition) is 3. The van der Waals surface area contributed by atoms with E-state index in [0.29, 0.717) is 26.3 Å². The average Bonchev–Trinajstić information content (AvgIpc) is 2.41. The Hall–Kier alpha value is -0.650. The molecule has 5 nitrogen and oxygen atoms in total. The summed E-state index contributed by atoms with van der Waals surface area (Å²) in [6.45, 7) is 7.94. The third-order valence-electron chi connectivity index (χ3n) is 3.24. The molecule has 0 aromatic heterocycles. The molecule has 1 amide bonds. The Morgan fingerprint density at radius 3 is 2.60 bits per heavy atom. The zero-order chi connectivity index (χ0) is 15.4. The summed E-state index contributed by atoms with van der Waals surface area (Å²) >= 11 is 0. The van der Waals surface area contributed by atoms with Gasteiger partial charge in [0.05, 0.1) is 18.1 Å². The van der Waals surface area contributed by atoms with Crippen molar-refractivity contribution in [3.8, 4) is 0 Å². The maximum Gasteiger partial charge on any atom is 0.226 e. The van der Waals surface area contributed by atoms with Crippen LogP contribution in [-0.4, -0.2) is 50.5 Å². The molecule has 0 fully saturated rings. The third-order valence-corrected chi connectivity index (χ3v) is 3.24. The second-order valence-electron chi connectivity index (χ2n) is 5.88. The van der Waals surface area contributed by atoms with Crippen LogP contribution in [0.25, 0.3) is 0 Å². The van der Waals surface area contributed by atoms with Gasteiger partial charge >= 0.3 is 0 Å². The monoisotopic (exact) mass is 288 g/mol. The van der Waals surface area contributed by atoms with E-state index in [-0.39, 0.29) is 5.91 Å². The summed E-state index contributed by atoms with van der Waals surface area (Å²) < 4.78 is 5.42. The molecular formula is C15H32N2O3. The maximum atomic E-state index is 11.6. The van der Waals surface area contributed by atoms with Gasteiger partial charge in [-0.15, -0.1) is 0 Å². The lowest BCUT2D eigenvalue weighted by atomic mass is 9.92. The van der Waals surface area contributed by atoms with Crippen LogP contribution in [0.1, 0.15) is 46.5 Å². The van der Waals surface area contributed by atoms with Gasteiger partial charge in [-0.2, -0.15) is 0 Å². The molecule has 5 heteroatoms. The minimum absolute atomic E-state index is 0.00772. The standard InChI is InChI=1S/C15H32N2O3/c1-5-6-7-8-9-20-11-13(18)10-17-12-15(2,3)14(19)16-4/h13,17-18H,5-12H2,1-4H3,(H,16,19). The van der Waals surface area contributed by atoms with Gasteiger partial charge in [-0.1, -0.05) is 26.2 Å². The number of unbranched alkanes of at least 4 members (excludes halogenated alkanes) is 3. The van der Waals surface area contributed by atoms with Gasteiger partial charge in [0, 0.05) is 26.7 Å². The van der Waals surface area contributed by atoms with Crippen LogP contribution in [0.2, 0.25) is 0 Å². The van der Waals surface area contributed by atoms with Gasteiger partial charge in [-0.3, -0.25) is 4.79 Å². The highest BCUT2D eigenvalue weighted by Crippen LogP contribution is 2.12. The molecule has 0 aromatic rings. The summed E-state index contributed by atoms with van der Waals surface area (Å²) in [5.74, 6) is -0.00772. The molecular weight excluding hydrogens is 256 g/mol. The predicted octanol–water partition coefficient (Wildman–Crippen LogP) is 1.31. The molecule has 0 bridgehead atoms. The summed E-state index contributed by atoms with van der Waals surface area (Å²) in [7, 11) is 1.63. The van der Waals surface area contributed by atoms with Crippen molar-refractivity contribution in [1.29, 1.82) is 0 Å². The van der Waals surface area contributed by atoms with Crippen LogP contribution in [0, 0.1) is 5.41 Å². The zero-order valence-corrected chi connectivity index (χ0v) is 13.5. The highest BCUT2D eigenvalue weighted by atomic mass is 16.5. The lowest BCUT2D eigenvalue weighted by Crippen LogP contribution is -2.44. The maximum absolute atomic E-state index is 11.6. The molecule has 0 aliphatic rings. The highest BCUT2D eigenvalue weighted by molar-refractivity contribution is 5.81. The Labute approximate surface area is 123 Å². The van der Waals surface area contributed by atoms with Gasteiger partial charge in [0.15, 0.2) is 0 Å². The summed E-state index contributed by atoms with van der Waals surface area (Å²) in [5.41, 5.74) is -0.477. The SMILES string of the molecule is CCCCCCOCC(O)CNCC(C)(C)C(=O)NC. The van der Waals surface area contributed by atoms with Gasteiger partial charge in [0.25, 0.3) is 0 Å². The molecule has 0 saturated heterocycles. The fourth-order valence-corrected chi connectivity index (χ4v) is 1.88. The van der Waals surface area contributed by atoms with Crippen molar-refractivity contribution < 1.29 is 14.6 Å². The first-order chi connectivity index (χ1) is 9.44. The van der Waals surface area contributed by atoms with Crippen LogP contribution in [0.3, 0.4) is 0 Å². The Morgan fingerprint density at radius 1 is 1.30 bits per heavy atom. The van der Waals surface area contributed by atoms with E-state index >= 15 is 0 Å². The second kappa shape index (κ2) is 11.1. The summed E-state index contributed by atoms with van der Waals surface area (Å²) in [6, 6.07) is 0. The van der Waals surface area contributed by atoms with Crippen molar-refractivity contribution in [1.82, 2.24) is 10.6 Å². The number of carbonyl (C=O) groups is 1. The Bertz CT molecular complexity index is 258. The minimum Gasteiger partial charge on any atom is -0.389 e. The highest BCUT2D eigenvalue weighted by Gasteiger charge is 2.26. The molecule has 0 saturated carbocycles. The summed E-state index contributed by atoms with van der Waals surface area (Å²) in [4.78, 5) is 11.6. The molecule has 1 atom stereocenters. The first kappa shape index (κ1) is 19.4. The molecule has 1 unspecified atom stereocenters. The van der Waals surface area contributed by atoms with Crippen LogP contribution in [0.4, 0.5) is 0 Å². The first-order valence-corrected chi connectivity index (χ1v) is 7.62. The molecule has 0 aromatic carbocycles. The first-order valence-electron chi connectivity index (χ1n) is 7.62. The molecule has 0 aliphatic carbocycles. The largest absolute Gasteiger partial charge is 0.389 e. The normalized spacial score (nSPS) is 13.2. The number of aliphatic hydroxyl groups excluding tert-OH is 1. The smallest absolute Gasteiger partial charge is 0.226 e. The molecule has 0 radical (unpaired) electrons. The number of hydrogen-bond acceptors (Lipinski definition) is 4. The van der Waals surface area contributed by atoms with E-state index < -0.39 is 11.5 Å². The van der Waals surface area contributed by atoms with Crippen molar-refractivity contribution in [2.45, 2.75) is 52.6 Å². The molecule has 20 heavy (non-hydrogen) atoms.